The highest BCUT2D eigenvalue weighted by Gasteiger charge is 2.41. The number of halogens is 3. The average Bonchev–Trinajstić information content (AvgIpc) is 2.67. The number of methoxy groups -OCH3 is 2. The van der Waals surface area contributed by atoms with E-state index in [1.165, 1.54) is 20.4 Å². The van der Waals surface area contributed by atoms with Gasteiger partial charge in [-0.2, -0.15) is 23.3 Å². The van der Waals surface area contributed by atoms with E-state index in [2.05, 4.69) is 20.2 Å². The van der Waals surface area contributed by atoms with E-state index >= 15 is 0 Å². The first-order chi connectivity index (χ1) is 12.8. The molecule has 3 rings (SSSR count). The van der Waals surface area contributed by atoms with E-state index in [1.807, 2.05) is 4.90 Å². The van der Waals surface area contributed by atoms with Crippen molar-refractivity contribution in [2.45, 2.75) is 25.9 Å². The molecule has 0 unspecified atom stereocenters. The van der Waals surface area contributed by atoms with Crippen LogP contribution in [0.4, 0.5) is 18.9 Å². The number of nitrogens with zero attached hydrogens (tertiary/aromatic N) is 5. The first-order valence-corrected chi connectivity index (χ1v) is 8.45. The van der Waals surface area contributed by atoms with Crippen molar-refractivity contribution in [2.75, 3.05) is 32.2 Å². The molecule has 1 saturated heterocycles. The number of ether oxygens (including phenoxy) is 2. The van der Waals surface area contributed by atoms with Gasteiger partial charge < -0.3 is 14.4 Å². The molecular formula is C17H20F3N5O2. The van der Waals surface area contributed by atoms with Gasteiger partial charge in [-0.25, -0.2) is 4.98 Å². The molecule has 7 nitrogen and oxygen atoms in total. The minimum atomic E-state index is -4.14. The maximum absolute atomic E-state index is 12.9. The van der Waals surface area contributed by atoms with Crippen LogP contribution in [0.25, 0.3) is 11.3 Å². The van der Waals surface area contributed by atoms with Crippen LogP contribution in [0.5, 0.6) is 11.9 Å². The van der Waals surface area contributed by atoms with Gasteiger partial charge in [-0.15, -0.1) is 5.10 Å². The van der Waals surface area contributed by atoms with Crippen LogP contribution >= 0.6 is 0 Å². The molecule has 3 heterocycles. The third-order valence-corrected chi connectivity index (χ3v) is 4.63. The molecule has 2 aromatic rings. The molecule has 1 fully saturated rings. The second kappa shape index (κ2) is 7.53. The first kappa shape index (κ1) is 19.1. The number of alkyl halides is 3. The maximum Gasteiger partial charge on any atom is 0.391 e. The zero-order valence-corrected chi connectivity index (χ0v) is 15.2. The molecular weight excluding hydrogens is 363 g/mol. The summed E-state index contributed by atoms with van der Waals surface area (Å²) in [7, 11) is 2.92. The van der Waals surface area contributed by atoms with E-state index in [0.29, 0.717) is 30.0 Å². The molecule has 0 spiro atoms. The van der Waals surface area contributed by atoms with E-state index in [0.717, 1.165) is 5.69 Å². The summed E-state index contributed by atoms with van der Waals surface area (Å²) in [5.41, 5.74) is 2.40. The van der Waals surface area contributed by atoms with Crippen LogP contribution < -0.4 is 14.4 Å². The van der Waals surface area contributed by atoms with Gasteiger partial charge in [0.1, 0.15) is 5.69 Å². The van der Waals surface area contributed by atoms with Crippen molar-refractivity contribution in [1.82, 2.24) is 20.2 Å². The van der Waals surface area contributed by atoms with Crippen molar-refractivity contribution < 1.29 is 22.6 Å². The second-order valence-corrected chi connectivity index (χ2v) is 6.28. The minimum absolute atomic E-state index is 0.0650. The van der Waals surface area contributed by atoms with E-state index < -0.39 is 12.1 Å². The van der Waals surface area contributed by atoms with Crippen LogP contribution in [0, 0.1) is 12.8 Å². The zero-order valence-electron chi connectivity index (χ0n) is 15.2. The van der Waals surface area contributed by atoms with Gasteiger partial charge in [-0.3, -0.25) is 0 Å². The Morgan fingerprint density at radius 1 is 1.11 bits per heavy atom. The molecule has 0 atom stereocenters. The Kier molecular flexibility index (Phi) is 5.33. The molecule has 10 heteroatoms. The number of rotatable bonds is 4. The average molecular weight is 383 g/mol. The Labute approximate surface area is 154 Å². The number of piperidine rings is 1. The molecule has 0 radical (unpaired) electrons. The molecule has 2 aromatic heterocycles. The van der Waals surface area contributed by atoms with Crippen molar-refractivity contribution in [3.05, 3.63) is 18.0 Å². The minimum Gasteiger partial charge on any atom is -0.480 e. The SMILES string of the molecule is COc1ncc(-c2cc(N3CCC(C(F)(F)F)CC3)c(C)nn2)c(OC)n1. The summed E-state index contributed by atoms with van der Waals surface area (Å²) >= 11 is 0. The molecule has 27 heavy (non-hydrogen) atoms. The Morgan fingerprint density at radius 2 is 1.81 bits per heavy atom. The fourth-order valence-corrected chi connectivity index (χ4v) is 3.12. The zero-order chi connectivity index (χ0) is 19.6. The fourth-order valence-electron chi connectivity index (χ4n) is 3.12. The normalized spacial score (nSPS) is 15.7. The molecule has 1 aliphatic rings. The second-order valence-electron chi connectivity index (χ2n) is 6.28. The molecule has 1 aliphatic heterocycles. The Morgan fingerprint density at radius 3 is 2.41 bits per heavy atom. The van der Waals surface area contributed by atoms with Crippen LogP contribution in [0.1, 0.15) is 18.5 Å². The van der Waals surface area contributed by atoms with Crippen LogP contribution in [-0.2, 0) is 0 Å². The summed E-state index contributed by atoms with van der Waals surface area (Å²) in [5, 5.41) is 8.33. The summed E-state index contributed by atoms with van der Waals surface area (Å²) in [4.78, 5) is 10.1. The highest BCUT2D eigenvalue weighted by atomic mass is 19.4. The van der Waals surface area contributed by atoms with Crippen LogP contribution in [0.2, 0.25) is 0 Å². The van der Waals surface area contributed by atoms with Crippen molar-refractivity contribution in [3.8, 4) is 23.1 Å². The Hall–Kier alpha value is -2.65. The van der Waals surface area contributed by atoms with Gasteiger partial charge in [0.05, 0.1) is 37.1 Å². The van der Waals surface area contributed by atoms with Gasteiger partial charge in [0.25, 0.3) is 0 Å². The number of hydrogen-bond acceptors (Lipinski definition) is 7. The van der Waals surface area contributed by atoms with Crippen LogP contribution in [0.3, 0.4) is 0 Å². The Balaban J connectivity index is 1.88. The highest BCUT2D eigenvalue weighted by Crippen LogP contribution is 2.37. The summed E-state index contributed by atoms with van der Waals surface area (Å²) in [6.07, 6.45) is -2.49. The lowest BCUT2D eigenvalue weighted by Crippen LogP contribution is -2.39. The van der Waals surface area contributed by atoms with Gasteiger partial charge in [-0.1, -0.05) is 0 Å². The van der Waals surface area contributed by atoms with Gasteiger partial charge >= 0.3 is 12.2 Å². The lowest BCUT2D eigenvalue weighted by molar-refractivity contribution is -0.179. The smallest absolute Gasteiger partial charge is 0.391 e. The van der Waals surface area contributed by atoms with Gasteiger partial charge in [-0.05, 0) is 25.8 Å². The number of aryl methyl sites for hydroxylation is 1. The molecule has 0 saturated carbocycles. The molecule has 0 bridgehead atoms. The van der Waals surface area contributed by atoms with E-state index in [4.69, 9.17) is 9.47 Å². The summed E-state index contributed by atoms with van der Waals surface area (Å²) in [6, 6.07) is 1.94. The van der Waals surface area contributed by atoms with Gasteiger partial charge in [0.15, 0.2) is 0 Å². The third-order valence-electron chi connectivity index (χ3n) is 4.63. The fraction of sp³-hybridized carbons (Fsp3) is 0.529. The summed E-state index contributed by atoms with van der Waals surface area (Å²) in [6.45, 7) is 2.41. The van der Waals surface area contributed by atoms with Gasteiger partial charge in [0.2, 0.25) is 5.88 Å². The predicted molar refractivity (Wildman–Crippen MR) is 91.9 cm³/mol. The quantitative estimate of drug-likeness (QED) is 0.803. The number of hydrogen-bond donors (Lipinski definition) is 0. The van der Waals surface area contributed by atoms with Gasteiger partial charge in [0, 0.05) is 19.3 Å². The van der Waals surface area contributed by atoms with E-state index in [-0.39, 0.29) is 24.7 Å². The van der Waals surface area contributed by atoms with Crippen molar-refractivity contribution in [1.29, 1.82) is 0 Å². The molecule has 0 aromatic carbocycles. The monoisotopic (exact) mass is 383 g/mol. The third kappa shape index (κ3) is 4.04. The lowest BCUT2D eigenvalue weighted by atomic mass is 9.96. The summed E-state index contributed by atoms with van der Waals surface area (Å²) < 4.78 is 49.0. The molecule has 146 valence electrons. The first-order valence-electron chi connectivity index (χ1n) is 8.45. The topological polar surface area (TPSA) is 73.3 Å². The summed E-state index contributed by atoms with van der Waals surface area (Å²) in [5.74, 6) is -0.972. The van der Waals surface area contributed by atoms with Crippen molar-refractivity contribution in [2.24, 2.45) is 5.92 Å². The van der Waals surface area contributed by atoms with Crippen molar-refractivity contribution >= 4 is 5.69 Å². The van der Waals surface area contributed by atoms with E-state index in [9.17, 15) is 13.2 Å². The number of anilines is 1. The standard InChI is InChI=1S/C17H20F3N5O2/c1-10-14(25-6-4-11(5-7-25)17(18,19)20)8-13(24-23-10)12-9-21-16(27-3)22-15(12)26-2/h8-9,11H,4-7H2,1-3H3. The maximum atomic E-state index is 12.9. The van der Waals surface area contributed by atoms with Crippen LogP contribution in [-0.4, -0.2) is 53.7 Å². The number of aromatic nitrogens is 4. The lowest BCUT2D eigenvalue weighted by Gasteiger charge is -2.34. The molecule has 0 N–H and O–H groups in total. The molecule has 0 amide bonds. The largest absolute Gasteiger partial charge is 0.480 e. The van der Waals surface area contributed by atoms with E-state index in [1.54, 1.807) is 13.0 Å². The highest BCUT2D eigenvalue weighted by molar-refractivity contribution is 5.68. The van der Waals surface area contributed by atoms with Crippen LogP contribution in [0.15, 0.2) is 12.3 Å². The Bertz CT molecular complexity index is 808. The van der Waals surface area contributed by atoms with Crippen molar-refractivity contribution in [3.63, 3.8) is 0 Å². The predicted octanol–water partition coefficient (Wildman–Crippen LogP) is 3.04. The molecule has 0 aliphatic carbocycles.